The molecule has 0 aliphatic rings. The molecule has 0 aromatic heterocycles. The van der Waals surface area contributed by atoms with Gasteiger partial charge in [0.1, 0.15) is 5.82 Å². The van der Waals surface area contributed by atoms with Crippen molar-refractivity contribution in [3.05, 3.63) is 65.5 Å². The van der Waals surface area contributed by atoms with Crippen LogP contribution in [0.1, 0.15) is 15.9 Å². The molecular weight excluding hydrogens is 273 g/mol. The number of hydrogen-bond donors (Lipinski definition) is 2. The second-order valence-electron chi connectivity index (χ2n) is 4.38. The number of anilines is 1. The van der Waals surface area contributed by atoms with Crippen LogP contribution in [-0.4, -0.2) is 24.0 Å². The molecule has 0 fully saturated rings. The first kappa shape index (κ1) is 14.5. The molecule has 0 bridgehead atoms. The molecular formula is C15H14FN3O2. The molecule has 0 atom stereocenters. The van der Waals surface area contributed by atoms with E-state index in [1.54, 1.807) is 24.3 Å². The molecule has 0 aliphatic carbocycles. The molecule has 0 spiro atoms. The molecule has 2 aromatic carbocycles. The summed E-state index contributed by atoms with van der Waals surface area (Å²) in [5.41, 5.74) is 6.50. The minimum Gasteiger partial charge on any atom is -0.409 e. The normalized spacial score (nSPS) is 11.2. The Morgan fingerprint density at radius 2 is 1.71 bits per heavy atom. The standard InChI is InChI=1S/C15H14FN3O2/c1-19(13-5-3-2-4-12(13)16)15(20)11-8-6-10(7-9-11)14(17)18-21/h2-9,21H,1H3,(H2,17,18). The summed E-state index contributed by atoms with van der Waals surface area (Å²) >= 11 is 0. The Hall–Kier alpha value is -2.89. The highest BCUT2D eigenvalue weighted by atomic mass is 19.1. The summed E-state index contributed by atoms with van der Waals surface area (Å²) in [7, 11) is 1.50. The van der Waals surface area contributed by atoms with Gasteiger partial charge in [-0.1, -0.05) is 29.4 Å². The van der Waals surface area contributed by atoms with Crippen molar-refractivity contribution >= 4 is 17.4 Å². The summed E-state index contributed by atoms with van der Waals surface area (Å²) in [5, 5.41) is 11.5. The maximum atomic E-state index is 13.7. The lowest BCUT2D eigenvalue weighted by atomic mass is 10.1. The summed E-state index contributed by atoms with van der Waals surface area (Å²) in [6.45, 7) is 0. The van der Waals surface area contributed by atoms with E-state index in [2.05, 4.69) is 5.16 Å². The van der Waals surface area contributed by atoms with Crippen LogP contribution in [0.4, 0.5) is 10.1 Å². The average Bonchev–Trinajstić information content (AvgIpc) is 2.53. The predicted molar refractivity (Wildman–Crippen MR) is 78.1 cm³/mol. The molecule has 108 valence electrons. The van der Waals surface area contributed by atoms with Crippen molar-refractivity contribution < 1.29 is 14.4 Å². The summed E-state index contributed by atoms with van der Waals surface area (Å²) in [6.07, 6.45) is 0. The van der Waals surface area contributed by atoms with Crippen LogP contribution >= 0.6 is 0 Å². The van der Waals surface area contributed by atoms with Gasteiger partial charge in [0.15, 0.2) is 5.84 Å². The van der Waals surface area contributed by atoms with Crippen LogP contribution in [0, 0.1) is 5.82 Å². The first-order valence-electron chi connectivity index (χ1n) is 6.15. The number of amides is 1. The van der Waals surface area contributed by atoms with E-state index in [1.165, 1.54) is 36.2 Å². The number of benzene rings is 2. The fourth-order valence-corrected chi connectivity index (χ4v) is 1.87. The van der Waals surface area contributed by atoms with E-state index >= 15 is 0 Å². The minimum atomic E-state index is -0.471. The average molecular weight is 287 g/mol. The largest absolute Gasteiger partial charge is 0.409 e. The number of nitrogens with two attached hydrogens (primary N) is 1. The van der Waals surface area contributed by atoms with Crippen LogP contribution in [0.3, 0.4) is 0 Å². The number of carbonyl (C=O) groups is 1. The van der Waals surface area contributed by atoms with Gasteiger partial charge in [-0.05, 0) is 24.3 Å². The van der Waals surface area contributed by atoms with Gasteiger partial charge in [0.2, 0.25) is 0 Å². The van der Waals surface area contributed by atoms with Crippen LogP contribution in [0.2, 0.25) is 0 Å². The number of para-hydroxylation sites is 1. The molecule has 2 aromatic rings. The Morgan fingerprint density at radius 1 is 1.14 bits per heavy atom. The molecule has 5 nitrogen and oxygen atoms in total. The Bertz CT molecular complexity index is 684. The van der Waals surface area contributed by atoms with Gasteiger partial charge in [-0.15, -0.1) is 0 Å². The van der Waals surface area contributed by atoms with Crippen LogP contribution in [0.15, 0.2) is 53.7 Å². The monoisotopic (exact) mass is 287 g/mol. The highest BCUT2D eigenvalue weighted by molar-refractivity contribution is 6.06. The zero-order chi connectivity index (χ0) is 15.4. The Labute approximate surface area is 121 Å². The van der Waals surface area contributed by atoms with Gasteiger partial charge in [0.05, 0.1) is 5.69 Å². The van der Waals surface area contributed by atoms with E-state index < -0.39 is 5.82 Å². The number of carbonyl (C=O) groups excluding carboxylic acids is 1. The Kier molecular flexibility index (Phi) is 4.18. The highest BCUT2D eigenvalue weighted by Gasteiger charge is 2.16. The topological polar surface area (TPSA) is 78.9 Å². The summed E-state index contributed by atoms with van der Waals surface area (Å²) in [5.74, 6) is -0.871. The predicted octanol–water partition coefficient (Wildman–Crippen LogP) is 2.20. The van der Waals surface area contributed by atoms with Gasteiger partial charge >= 0.3 is 0 Å². The van der Waals surface area contributed by atoms with Crippen molar-refractivity contribution in [1.82, 2.24) is 0 Å². The van der Waals surface area contributed by atoms with E-state index in [-0.39, 0.29) is 17.4 Å². The third-order valence-corrected chi connectivity index (χ3v) is 3.05. The van der Waals surface area contributed by atoms with Crippen LogP contribution in [0.5, 0.6) is 0 Å². The number of rotatable bonds is 3. The molecule has 1 amide bonds. The van der Waals surface area contributed by atoms with Crippen molar-refractivity contribution in [3.8, 4) is 0 Å². The van der Waals surface area contributed by atoms with Crippen LogP contribution in [-0.2, 0) is 0 Å². The summed E-state index contributed by atoms with van der Waals surface area (Å²) in [6, 6.07) is 12.2. The fraction of sp³-hybridized carbons (Fsp3) is 0.0667. The molecule has 0 unspecified atom stereocenters. The number of oxime groups is 1. The molecule has 0 saturated carbocycles. The van der Waals surface area contributed by atoms with Gasteiger partial charge in [-0.3, -0.25) is 4.79 Å². The minimum absolute atomic E-state index is 0.0449. The van der Waals surface area contributed by atoms with E-state index in [0.29, 0.717) is 11.1 Å². The summed E-state index contributed by atoms with van der Waals surface area (Å²) < 4.78 is 13.7. The van der Waals surface area contributed by atoms with Gasteiger partial charge in [-0.2, -0.15) is 0 Å². The van der Waals surface area contributed by atoms with Gasteiger partial charge in [0.25, 0.3) is 5.91 Å². The summed E-state index contributed by atoms with van der Waals surface area (Å²) in [4.78, 5) is 13.5. The number of amidine groups is 1. The van der Waals surface area contributed by atoms with Crippen LogP contribution < -0.4 is 10.6 Å². The van der Waals surface area contributed by atoms with Crippen LogP contribution in [0.25, 0.3) is 0 Å². The van der Waals surface area contributed by atoms with Crippen molar-refractivity contribution in [2.24, 2.45) is 10.9 Å². The Morgan fingerprint density at radius 3 is 2.29 bits per heavy atom. The zero-order valence-electron chi connectivity index (χ0n) is 11.3. The second kappa shape index (κ2) is 6.04. The lowest BCUT2D eigenvalue weighted by molar-refractivity contribution is 0.0992. The van der Waals surface area contributed by atoms with E-state index in [0.717, 1.165) is 0 Å². The molecule has 3 N–H and O–H groups in total. The van der Waals surface area contributed by atoms with E-state index in [4.69, 9.17) is 10.9 Å². The SMILES string of the molecule is CN(C(=O)c1ccc(C(N)=NO)cc1)c1ccccc1F. The van der Waals surface area contributed by atoms with Crippen molar-refractivity contribution in [3.63, 3.8) is 0 Å². The molecule has 21 heavy (non-hydrogen) atoms. The first-order valence-corrected chi connectivity index (χ1v) is 6.15. The maximum absolute atomic E-state index is 13.7. The third kappa shape index (κ3) is 3.00. The number of hydrogen-bond acceptors (Lipinski definition) is 3. The lowest BCUT2D eigenvalue weighted by Crippen LogP contribution is -2.27. The van der Waals surface area contributed by atoms with Crippen molar-refractivity contribution in [2.75, 3.05) is 11.9 Å². The molecule has 0 aliphatic heterocycles. The van der Waals surface area contributed by atoms with Crippen molar-refractivity contribution in [2.45, 2.75) is 0 Å². The molecule has 0 radical (unpaired) electrons. The Balaban J connectivity index is 2.26. The molecule has 2 rings (SSSR count). The van der Waals surface area contributed by atoms with E-state index in [1.807, 2.05) is 0 Å². The molecule has 0 saturated heterocycles. The quantitative estimate of drug-likeness (QED) is 0.393. The maximum Gasteiger partial charge on any atom is 0.258 e. The van der Waals surface area contributed by atoms with Gasteiger partial charge < -0.3 is 15.8 Å². The fourth-order valence-electron chi connectivity index (χ4n) is 1.87. The van der Waals surface area contributed by atoms with Crippen molar-refractivity contribution in [1.29, 1.82) is 0 Å². The van der Waals surface area contributed by atoms with E-state index in [9.17, 15) is 9.18 Å². The zero-order valence-corrected chi connectivity index (χ0v) is 11.3. The van der Waals surface area contributed by atoms with Gasteiger partial charge in [-0.25, -0.2) is 4.39 Å². The second-order valence-corrected chi connectivity index (χ2v) is 4.38. The third-order valence-electron chi connectivity index (χ3n) is 3.05. The smallest absolute Gasteiger partial charge is 0.258 e. The first-order chi connectivity index (χ1) is 10.0. The number of nitrogens with zero attached hydrogens (tertiary/aromatic N) is 2. The molecule has 6 heteroatoms. The molecule has 0 heterocycles. The highest BCUT2D eigenvalue weighted by Crippen LogP contribution is 2.19. The number of halogens is 1. The van der Waals surface area contributed by atoms with Gasteiger partial charge in [0, 0.05) is 18.2 Å². The lowest BCUT2D eigenvalue weighted by Gasteiger charge is -2.18.